The summed E-state index contributed by atoms with van der Waals surface area (Å²) in [7, 11) is 3.02. The molecule has 10 heteroatoms. The number of carbonyl (C=O) groups excluding carboxylic acids is 2. The lowest BCUT2D eigenvalue weighted by Crippen LogP contribution is -2.33. The molecule has 0 fully saturated rings. The average Bonchev–Trinajstić information content (AvgIpc) is 2.78. The average molecular weight is 442 g/mol. The number of carbonyl (C=O) groups is 2. The minimum atomic E-state index is -0.517. The maximum Gasteiger partial charge on any atom is 0.337 e. The van der Waals surface area contributed by atoms with Gasteiger partial charge in [-0.15, -0.1) is 0 Å². The van der Waals surface area contributed by atoms with E-state index in [2.05, 4.69) is 26.5 Å². The summed E-state index contributed by atoms with van der Waals surface area (Å²) in [6.45, 7) is 0. The van der Waals surface area contributed by atoms with Gasteiger partial charge in [0.05, 0.1) is 18.5 Å². The second-order valence-electron chi connectivity index (χ2n) is 6.13. The van der Waals surface area contributed by atoms with Crippen LogP contribution >= 0.6 is 11.6 Å². The van der Waals surface area contributed by atoms with E-state index < -0.39 is 6.03 Å². The Labute approximate surface area is 183 Å². The third-order valence-corrected chi connectivity index (χ3v) is 4.23. The van der Waals surface area contributed by atoms with Gasteiger partial charge in [0.1, 0.15) is 22.9 Å². The number of anilines is 2. The van der Waals surface area contributed by atoms with Crippen molar-refractivity contribution >= 4 is 34.9 Å². The predicted octanol–water partition coefficient (Wildman–Crippen LogP) is 4.04. The van der Waals surface area contributed by atoms with Gasteiger partial charge in [0.15, 0.2) is 0 Å². The number of urea groups is 1. The third-order valence-electron chi connectivity index (χ3n) is 3.99. The first-order chi connectivity index (χ1) is 15.0. The molecule has 4 N–H and O–H groups in total. The van der Waals surface area contributed by atoms with E-state index in [4.69, 9.17) is 21.1 Å². The first-order valence-corrected chi connectivity index (χ1v) is 9.49. The van der Waals surface area contributed by atoms with Crippen molar-refractivity contribution in [1.29, 1.82) is 0 Å². The van der Waals surface area contributed by atoms with Gasteiger partial charge < -0.3 is 20.1 Å². The highest BCUT2D eigenvalue weighted by Gasteiger charge is 2.09. The van der Waals surface area contributed by atoms with Crippen molar-refractivity contribution in [2.75, 3.05) is 24.9 Å². The molecule has 3 rings (SSSR count). The van der Waals surface area contributed by atoms with Gasteiger partial charge in [-0.25, -0.2) is 4.79 Å². The topological polar surface area (TPSA) is 114 Å². The first kappa shape index (κ1) is 21.7. The van der Waals surface area contributed by atoms with Crippen molar-refractivity contribution in [3.63, 3.8) is 0 Å². The lowest BCUT2D eigenvalue weighted by Gasteiger charge is -2.13. The number of nitrogens with zero attached hydrogens (tertiary/aromatic N) is 1. The Bertz CT molecular complexity index is 1090. The minimum absolute atomic E-state index is 0.240. The quantitative estimate of drug-likeness (QED) is 0.411. The molecule has 0 unspecified atom stereocenters. The number of nitrogens with one attached hydrogen (secondary N) is 4. The highest BCUT2D eigenvalue weighted by atomic mass is 35.5. The van der Waals surface area contributed by atoms with Gasteiger partial charge in [-0.05, 0) is 36.4 Å². The lowest BCUT2D eigenvalue weighted by atomic mass is 10.3. The molecule has 31 heavy (non-hydrogen) atoms. The molecule has 160 valence electrons. The van der Waals surface area contributed by atoms with Crippen LogP contribution in [0.5, 0.6) is 17.2 Å². The molecule has 0 aliphatic rings. The molecule has 0 aliphatic carbocycles. The Balaban J connectivity index is 1.61. The van der Waals surface area contributed by atoms with Crippen molar-refractivity contribution < 1.29 is 19.1 Å². The maximum absolute atomic E-state index is 12.2. The van der Waals surface area contributed by atoms with Crippen molar-refractivity contribution in [3.8, 4) is 17.2 Å². The van der Waals surface area contributed by atoms with E-state index >= 15 is 0 Å². The highest BCUT2D eigenvalue weighted by molar-refractivity contribution is 6.31. The number of benzene rings is 2. The van der Waals surface area contributed by atoms with E-state index in [1.54, 1.807) is 48.5 Å². The summed E-state index contributed by atoms with van der Waals surface area (Å²) >= 11 is 5.97. The summed E-state index contributed by atoms with van der Waals surface area (Å²) in [5.41, 5.74) is 6.56. The lowest BCUT2D eigenvalue weighted by molar-refractivity contribution is 0.0958. The zero-order chi connectivity index (χ0) is 22.2. The van der Waals surface area contributed by atoms with Crippen LogP contribution in [0.4, 0.5) is 16.2 Å². The van der Waals surface area contributed by atoms with Crippen molar-refractivity contribution in [2.45, 2.75) is 0 Å². The minimum Gasteiger partial charge on any atom is -0.495 e. The summed E-state index contributed by atoms with van der Waals surface area (Å²) < 4.78 is 11.0. The second kappa shape index (κ2) is 10.2. The Morgan fingerprint density at radius 3 is 2.61 bits per heavy atom. The van der Waals surface area contributed by atoms with Gasteiger partial charge >= 0.3 is 6.03 Å². The first-order valence-electron chi connectivity index (χ1n) is 9.11. The molecule has 3 aromatic rings. The molecule has 0 atom stereocenters. The number of ether oxygens (including phenoxy) is 2. The number of hydrogen-bond donors (Lipinski definition) is 4. The van der Waals surface area contributed by atoms with Gasteiger partial charge in [0, 0.05) is 30.4 Å². The molecule has 2 aromatic carbocycles. The zero-order valence-corrected chi connectivity index (χ0v) is 17.5. The number of amides is 3. The largest absolute Gasteiger partial charge is 0.495 e. The molecular weight excluding hydrogens is 422 g/mol. The van der Waals surface area contributed by atoms with E-state index in [9.17, 15) is 9.59 Å². The molecule has 0 aliphatic heterocycles. The van der Waals surface area contributed by atoms with E-state index in [0.717, 1.165) is 0 Å². The Kier molecular flexibility index (Phi) is 7.13. The predicted molar refractivity (Wildman–Crippen MR) is 118 cm³/mol. The van der Waals surface area contributed by atoms with Crippen LogP contribution in [0.3, 0.4) is 0 Å². The molecule has 9 nitrogen and oxygen atoms in total. The molecule has 0 bridgehead atoms. The van der Waals surface area contributed by atoms with Crippen molar-refractivity contribution in [3.05, 3.63) is 71.5 Å². The Morgan fingerprint density at radius 2 is 1.84 bits per heavy atom. The zero-order valence-electron chi connectivity index (χ0n) is 16.7. The van der Waals surface area contributed by atoms with E-state index in [-0.39, 0.29) is 11.6 Å². The molecule has 3 amide bonds. The van der Waals surface area contributed by atoms with Gasteiger partial charge in [0.25, 0.3) is 5.91 Å². The van der Waals surface area contributed by atoms with Crippen LogP contribution in [0, 0.1) is 0 Å². The summed E-state index contributed by atoms with van der Waals surface area (Å²) in [5, 5.41) is 5.62. The van der Waals surface area contributed by atoms with Crippen LogP contribution in [0.15, 0.2) is 60.8 Å². The van der Waals surface area contributed by atoms with Crippen LogP contribution in [0.1, 0.15) is 10.5 Å². The van der Waals surface area contributed by atoms with Crippen LogP contribution in [0.2, 0.25) is 5.02 Å². The fourth-order valence-electron chi connectivity index (χ4n) is 2.56. The number of hydrazine groups is 1. The van der Waals surface area contributed by atoms with Crippen LogP contribution in [-0.2, 0) is 0 Å². The van der Waals surface area contributed by atoms with E-state index in [0.29, 0.717) is 33.6 Å². The van der Waals surface area contributed by atoms with Crippen molar-refractivity contribution in [1.82, 2.24) is 15.7 Å². The smallest absolute Gasteiger partial charge is 0.337 e. The van der Waals surface area contributed by atoms with Gasteiger partial charge in [0.2, 0.25) is 0 Å². The Morgan fingerprint density at radius 1 is 1.03 bits per heavy atom. The molecule has 0 radical (unpaired) electrons. The fraction of sp³-hybridized carbons (Fsp3) is 0.0952. The second-order valence-corrected chi connectivity index (χ2v) is 6.57. The summed E-state index contributed by atoms with van der Waals surface area (Å²) in [5.74, 6) is 1.11. The van der Waals surface area contributed by atoms with Crippen LogP contribution in [0.25, 0.3) is 0 Å². The molecule has 1 aromatic heterocycles. The van der Waals surface area contributed by atoms with Gasteiger partial charge in [-0.3, -0.25) is 20.6 Å². The normalized spacial score (nSPS) is 10.0. The summed E-state index contributed by atoms with van der Waals surface area (Å²) in [4.78, 5) is 27.9. The summed E-state index contributed by atoms with van der Waals surface area (Å²) in [6.07, 6.45) is 1.48. The maximum atomic E-state index is 12.2. The van der Waals surface area contributed by atoms with E-state index in [1.807, 2.05) is 0 Å². The monoisotopic (exact) mass is 441 g/mol. The molecular formula is C21H20ClN5O4. The fourth-order valence-corrected chi connectivity index (χ4v) is 2.73. The third kappa shape index (κ3) is 6.00. The molecule has 0 spiro atoms. The Hall–Kier alpha value is -3.98. The number of aromatic nitrogens is 1. The number of rotatable bonds is 7. The van der Waals surface area contributed by atoms with Crippen LogP contribution in [-0.4, -0.2) is 31.1 Å². The number of pyridine rings is 1. The molecule has 1 heterocycles. The molecule has 0 saturated heterocycles. The number of hydrogen-bond acceptors (Lipinski definition) is 6. The standard InChI is InChI=1S/C21H20ClN5O4/c1-23-20(28)18-12-16(8-9-24-18)31-15-5-3-4-14(11-15)26-27-21(29)25-17-10-13(22)6-7-19(17)30-2/h3-12,26H,1-2H3,(H,23,28)(H2,25,27,29). The van der Waals surface area contributed by atoms with Crippen molar-refractivity contribution in [2.24, 2.45) is 0 Å². The number of halogens is 1. The van der Waals surface area contributed by atoms with Gasteiger partial charge in [-0.1, -0.05) is 17.7 Å². The number of methoxy groups -OCH3 is 1. The SMILES string of the molecule is CNC(=O)c1cc(Oc2cccc(NNC(=O)Nc3cc(Cl)ccc3OC)c2)ccn1. The van der Waals surface area contributed by atoms with Gasteiger partial charge in [-0.2, -0.15) is 0 Å². The highest BCUT2D eigenvalue weighted by Crippen LogP contribution is 2.27. The van der Waals surface area contributed by atoms with Crippen LogP contribution < -0.4 is 31.0 Å². The van der Waals surface area contributed by atoms with E-state index in [1.165, 1.54) is 26.4 Å². The summed E-state index contributed by atoms with van der Waals surface area (Å²) in [6, 6.07) is 14.5. The molecule has 0 saturated carbocycles.